The number of methoxy groups -OCH3 is 1. The first-order valence-corrected chi connectivity index (χ1v) is 11.4. The van der Waals surface area contributed by atoms with E-state index in [-0.39, 0.29) is 5.56 Å². The van der Waals surface area contributed by atoms with Crippen molar-refractivity contribution in [1.29, 1.82) is 0 Å². The van der Waals surface area contributed by atoms with Gasteiger partial charge >= 0.3 is 0 Å². The van der Waals surface area contributed by atoms with Crippen LogP contribution in [0, 0.1) is 0 Å². The number of ether oxygens (including phenoxy) is 1. The molecule has 0 atom stereocenters. The fraction of sp³-hybridized carbons (Fsp3) is 0.217. The van der Waals surface area contributed by atoms with Crippen LogP contribution in [0.25, 0.3) is 15.9 Å². The van der Waals surface area contributed by atoms with Crippen molar-refractivity contribution in [2.75, 3.05) is 7.11 Å². The van der Waals surface area contributed by atoms with Gasteiger partial charge in [-0.1, -0.05) is 42.1 Å². The van der Waals surface area contributed by atoms with Crippen LogP contribution in [-0.4, -0.2) is 16.7 Å². The van der Waals surface area contributed by atoms with Gasteiger partial charge in [-0.3, -0.25) is 9.36 Å². The molecular weight excluding hydrogens is 400 g/mol. The average molecular weight is 421 g/mol. The van der Waals surface area contributed by atoms with Gasteiger partial charge in [-0.25, -0.2) is 4.98 Å². The Morgan fingerprint density at radius 2 is 1.90 bits per heavy atom. The topological polar surface area (TPSA) is 44.1 Å². The van der Waals surface area contributed by atoms with E-state index < -0.39 is 0 Å². The van der Waals surface area contributed by atoms with E-state index in [1.807, 2.05) is 42.5 Å². The summed E-state index contributed by atoms with van der Waals surface area (Å²) in [5, 5.41) is 1.54. The minimum Gasteiger partial charge on any atom is -0.497 e. The summed E-state index contributed by atoms with van der Waals surface area (Å²) in [6.45, 7) is 0. The molecule has 2 heterocycles. The van der Waals surface area contributed by atoms with Crippen LogP contribution in [0.5, 0.6) is 5.75 Å². The van der Waals surface area contributed by atoms with E-state index in [4.69, 9.17) is 9.72 Å². The van der Waals surface area contributed by atoms with Gasteiger partial charge < -0.3 is 4.74 Å². The maximum atomic E-state index is 13.6. The van der Waals surface area contributed by atoms with Gasteiger partial charge in [-0.15, -0.1) is 11.3 Å². The van der Waals surface area contributed by atoms with E-state index >= 15 is 0 Å². The highest BCUT2D eigenvalue weighted by atomic mass is 32.2. The standard InChI is InChI=1S/C23H20N2O2S2/c1-27-17-12-10-16(11-13-17)25-22(26)20-18-8-5-9-19(18)29-21(20)24-23(25)28-14-15-6-3-2-4-7-15/h2-4,6-7,10-13H,5,8-9,14H2,1H3. The smallest absolute Gasteiger partial charge is 0.267 e. The Morgan fingerprint density at radius 3 is 2.66 bits per heavy atom. The first-order valence-electron chi connectivity index (χ1n) is 9.63. The molecule has 0 unspecified atom stereocenters. The van der Waals surface area contributed by atoms with Gasteiger partial charge in [0.1, 0.15) is 10.6 Å². The van der Waals surface area contributed by atoms with Crippen LogP contribution >= 0.6 is 23.1 Å². The monoisotopic (exact) mass is 420 g/mol. The third-order valence-electron chi connectivity index (χ3n) is 5.25. The molecule has 2 aromatic carbocycles. The molecule has 5 rings (SSSR count). The molecule has 1 aliphatic carbocycles. The summed E-state index contributed by atoms with van der Waals surface area (Å²) < 4.78 is 7.05. The molecule has 29 heavy (non-hydrogen) atoms. The third-order valence-corrected chi connectivity index (χ3v) is 7.44. The number of rotatable bonds is 5. The minimum absolute atomic E-state index is 0.0372. The first kappa shape index (κ1) is 18.5. The van der Waals surface area contributed by atoms with Crippen LogP contribution in [0.2, 0.25) is 0 Å². The number of aromatic nitrogens is 2. The zero-order valence-electron chi connectivity index (χ0n) is 16.1. The number of fused-ring (bicyclic) bond motifs is 3. The van der Waals surface area contributed by atoms with Crippen molar-refractivity contribution in [3.8, 4) is 11.4 Å². The Morgan fingerprint density at radius 1 is 1.10 bits per heavy atom. The second kappa shape index (κ2) is 7.69. The van der Waals surface area contributed by atoms with Crippen LogP contribution in [0.3, 0.4) is 0 Å². The van der Waals surface area contributed by atoms with Gasteiger partial charge in [0, 0.05) is 10.6 Å². The molecule has 0 fully saturated rings. The van der Waals surface area contributed by atoms with Crippen molar-refractivity contribution in [3.63, 3.8) is 0 Å². The first-order chi connectivity index (χ1) is 14.2. The predicted molar refractivity (Wildman–Crippen MR) is 120 cm³/mol. The van der Waals surface area contributed by atoms with Gasteiger partial charge in [0.2, 0.25) is 0 Å². The molecular formula is C23H20N2O2S2. The van der Waals surface area contributed by atoms with E-state index in [0.717, 1.165) is 51.8 Å². The molecule has 1 aliphatic rings. The van der Waals surface area contributed by atoms with Crippen LogP contribution in [0.1, 0.15) is 22.4 Å². The van der Waals surface area contributed by atoms with Crippen molar-refractivity contribution < 1.29 is 4.74 Å². The molecule has 0 spiro atoms. The SMILES string of the molecule is COc1ccc(-n2c(SCc3ccccc3)nc3sc4c(c3c2=O)CCC4)cc1. The summed E-state index contributed by atoms with van der Waals surface area (Å²) in [4.78, 5) is 20.8. The Labute approximate surface area is 177 Å². The van der Waals surface area contributed by atoms with E-state index in [0.29, 0.717) is 0 Å². The van der Waals surface area contributed by atoms with E-state index in [1.165, 1.54) is 16.0 Å². The molecule has 4 aromatic rings. The highest BCUT2D eigenvalue weighted by Crippen LogP contribution is 2.36. The molecule has 0 radical (unpaired) electrons. The molecule has 0 N–H and O–H groups in total. The van der Waals surface area contributed by atoms with Gasteiger partial charge in [0.05, 0.1) is 18.2 Å². The maximum absolute atomic E-state index is 13.6. The van der Waals surface area contributed by atoms with Gasteiger partial charge in [-0.2, -0.15) is 0 Å². The lowest BCUT2D eigenvalue weighted by atomic mass is 10.2. The fourth-order valence-corrected chi connectivity index (χ4v) is 6.07. The second-order valence-corrected chi connectivity index (χ2v) is 9.07. The number of hydrogen-bond donors (Lipinski definition) is 0. The van der Waals surface area contributed by atoms with Crippen LogP contribution in [0.15, 0.2) is 64.5 Å². The van der Waals surface area contributed by atoms with Crippen molar-refractivity contribution in [2.45, 2.75) is 30.2 Å². The van der Waals surface area contributed by atoms with Crippen LogP contribution in [-0.2, 0) is 18.6 Å². The number of hydrogen-bond acceptors (Lipinski definition) is 5. The highest BCUT2D eigenvalue weighted by molar-refractivity contribution is 7.98. The lowest BCUT2D eigenvalue weighted by Crippen LogP contribution is -2.21. The summed E-state index contributed by atoms with van der Waals surface area (Å²) >= 11 is 3.29. The molecule has 0 amide bonds. The Hall–Kier alpha value is -2.57. The summed E-state index contributed by atoms with van der Waals surface area (Å²) in [7, 11) is 1.64. The molecule has 0 saturated heterocycles. The molecule has 0 saturated carbocycles. The van der Waals surface area contributed by atoms with Gasteiger partial charge in [0.15, 0.2) is 5.16 Å². The number of thioether (sulfide) groups is 1. The summed E-state index contributed by atoms with van der Waals surface area (Å²) in [5.74, 6) is 1.53. The largest absolute Gasteiger partial charge is 0.497 e. The number of nitrogens with zero attached hydrogens (tertiary/aromatic N) is 2. The molecule has 0 bridgehead atoms. The van der Waals surface area contributed by atoms with Crippen molar-refractivity contribution in [1.82, 2.24) is 9.55 Å². The van der Waals surface area contributed by atoms with E-state index in [2.05, 4.69) is 12.1 Å². The van der Waals surface area contributed by atoms with Gasteiger partial charge in [0.25, 0.3) is 5.56 Å². The number of aryl methyl sites for hydroxylation is 2. The van der Waals surface area contributed by atoms with Crippen molar-refractivity contribution in [2.24, 2.45) is 0 Å². The zero-order chi connectivity index (χ0) is 19.8. The van der Waals surface area contributed by atoms with E-state index in [1.54, 1.807) is 34.8 Å². The van der Waals surface area contributed by atoms with Crippen molar-refractivity contribution >= 4 is 33.3 Å². The summed E-state index contributed by atoms with van der Waals surface area (Å²) in [6.07, 6.45) is 3.17. The van der Waals surface area contributed by atoms with Gasteiger partial charge in [-0.05, 0) is 54.7 Å². The Kier molecular flexibility index (Phi) is 4.89. The van der Waals surface area contributed by atoms with E-state index in [9.17, 15) is 4.79 Å². The summed E-state index contributed by atoms with van der Waals surface area (Å²) in [6, 6.07) is 17.9. The molecule has 0 aliphatic heterocycles. The lowest BCUT2D eigenvalue weighted by molar-refractivity contribution is 0.414. The highest BCUT2D eigenvalue weighted by Gasteiger charge is 2.24. The number of thiophene rings is 1. The number of benzene rings is 2. The molecule has 6 heteroatoms. The maximum Gasteiger partial charge on any atom is 0.267 e. The fourth-order valence-electron chi connectivity index (χ4n) is 3.80. The quantitative estimate of drug-likeness (QED) is 0.327. The minimum atomic E-state index is 0.0372. The Bertz CT molecular complexity index is 1230. The van der Waals surface area contributed by atoms with Crippen LogP contribution < -0.4 is 10.3 Å². The summed E-state index contributed by atoms with van der Waals surface area (Å²) in [5.41, 5.74) is 3.28. The van der Waals surface area contributed by atoms with Crippen molar-refractivity contribution in [3.05, 3.63) is 81.0 Å². The normalized spacial score (nSPS) is 13.0. The Balaban J connectivity index is 1.66. The lowest BCUT2D eigenvalue weighted by Gasteiger charge is -2.13. The predicted octanol–water partition coefficient (Wildman–Crippen LogP) is 5.24. The molecule has 2 aromatic heterocycles. The molecule has 146 valence electrons. The van der Waals surface area contributed by atoms with Crippen LogP contribution in [0.4, 0.5) is 0 Å². The zero-order valence-corrected chi connectivity index (χ0v) is 17.7. The third kappa shape index (κ3) is 3.36. The second-order valence-electron chi connectivity index (χ2n) is 7.04. The molecule has 4 nitrogen and oxygen atoms in total. The average Bonchev–Trinajstić information content (AvgIpc) is 3.34.